The number of nitrogens with two attached hydrogens (primary N) is 1. The van der Waals surface area contributed by atoms with Gasteiger partial charge >= 0.3 is 0 Å². The number of nitrogens with zero attached hydrogens (tertiary/aromatic N) is 1. The minimum atomic E-state index is -0.178. The van der Waals surface area contributed by atoms with Gasteiger partial charge in [0.05, 0.1) is 22.3 Å². The van der Waals surface area contributed by atoms with Crippen LogP contribution in [0, 0.1) is 0 Å². The van der Waals surface area contributed by atoms with Crippen molar-refractivity contribution in [2.24, 2.45) is 0 Å². The average molecular weight is 334 g/mol. The van der Waals surface area contributed by atoms with E-state index in [2.05, 4.69) is 12.2 Å². The SMILES string of the molecule is CCCN(CCO)CCC(=O)Nc1c(Cl)cc(N)cc1Cl. The van der Waals surface area contributed by atoms with E-state index < -0.39 is 0 Å². The predicted octanol–water partition coefficient (Wildman–Crippen LogP) is 2.61. The van der Waals surface area contributed by atoms with E-state index in [1.807, 2.05) is 4.90 Å². The van der Waals surface area contributed by atoms with Gasteiger partial charge in [-0.1, -0.05) is 30.1 Å². The van der Waals surface area contributed by atoms with Gasteiger partial charge in [0, 0.05) is 25.2 Å². The van der Waals surface area contributed by atoms with Crippen LogP contribution in [0.25, 0.3) is 0 Å². The van der Waals surface area contributed by atoms with Crippen LogP contribution in [0.4, 0.5) is 11.4 Å². The Hall–Kier alpha value is -1.01. The van der Waals surface area contributed by atoms with Crippen LogP contribution in [-0.2, 0) is 4.79 Å². The summed E-state index contributed by atoms with van der Waals surface area (Å²) in [5, 5.41) is 12.3. The van der Waals surface area contributed by atoms with Crippen LogP contribution in [0.3, 0.4) is 0 Å². The lowest BCUT2D eigenvalue weighted by Gasteiger charge is -2.20. The molecule has 118 valence electrons. The van der Waals surface area contributed by atoms with Gasteiger partial charge in [0.25, 0.3) is 0 Å². The summed E-state index contributed by atoms with van der Waals surface area (Å²) in [6, 6.07) is 3.08. The zero-order valence-electron chi connectivity index (χ0n) is 12.0. The second-order valence-corrected chi connectivity index (χ2v) is 5.54. The van der Waals surface area contributed by atoms with Crippen molar-refractivity contribution in [1.29, 1.82) is 0 Å². The summed E-state index contributed by atoms with van der Waals surface area (Å²) in [4.78, 5) is 14.0. The predicted molar refractivity (Wildman–Crippen MR) is 87.9 cm³/mol. The number of halogens is 2. The summed E-state index contributed by atoms with van der Waals surface area (Å²) in [6.07, 6.45) is 1.27. The third kappa shape index (κ3) is 6.09. The minimum Gasteiger partial charge on any atom is -0.399 e. The molecule has 1 rings (SSSR count). The highest BCUT2D eigenvalue weighted by atomic mass is 35.5. The molecule has 0 aliphatic heterocycles. The Morgan fingerprint density at radius 1 is 1.29 bits per heavy atom. The van der Waals surface area contributed by atoms with Crippen molar-refractivity contribution in [2.75, 3.05) is 37.3 Å². The number of carbonyl (C=O) groups is 1. The molecule has 7 heteroatoms. The monoisotopic (exact) mass is 333 g/mol. The molecule has 0 aliphatic rings. The molecule has 0 saturated heterocycles. The molecule has 0 unspecified atom stereocenters. The van der Waals surface area contributed by atoms with Crippen LogP contribution in [0.15, 0.2) is 12.1 Å². The second-order valence-electron chi connectivity index (χ2n) is 4.72. The Labute approximate surface area is 135 Å². The first-order chi connectivity index (χ1) is 9.97. The van der Waals surface area contributed by atoms with E-state index in [0.29, 0.717) is 40.9 Å². The zero-order valence-corrected chi connectivity index (χ0v) is 13.5. The number of carbonyl (C=O) groups excluding carboxylic acids is 1. The summed E-state index contributed by atoms with van der Waals surface area (Å²) in [7, 11) is 0. The average Bonchev–Trinajstić information content (AvgIpc) is 2.40. The first-order valence-corrected chi connectivity index (χ1v) is 7.61. The normalized spacial score (nSPS) is 10.9. The van der Waals surface area contributed by atoms with E-state index in [1.54, 1.807) is 0 Å². The molecule has 0 heterocycles. The first kappa shape index (κ1) is 18.0. The van der Waals surface area contributed by atoms with Crippen molar-refractivity contribution < 1.29 is 9.90 Å². The van der Waals surface area contributed by atoms with E-state index in [9.17, 15) is 4.79 Å². The third-order valence-electron chi connectivity index (χ3n) is 2.94. The molecule has 0 fully saturated rings. The lowest BCUT2D eigenvalue weighted by Crippen LogP contribution is -2.31. The molecule has 0 saturated carbocycles. The maximum Gasteiger partial charge on any atom is 0.225 e. The van der Waals surface area contributed by atoms with E-state index in [-0.39, 0.29) is 12.5 Å². The highest BCUT2D eigenvalue weighted by Crippen LogP contribution is 2.32. The summed E-state index contributed by atoms with van der Waals surface area (Å²) < 4.78 is 0. The maximum atomic E-state index is 12.0. The fraction of sp³-hybridized carbons (Fsp3) is 0.500. The Morgan fingerprint density at radius 3 is 2.43 bits per heavy atom. The van der Waals surface area contributed by atoms with Gasteiger partial charge in [-0.05, 0) is 25.1 Å². The summed E-state index contributed by atoms with van der Waals surface area (Å²) in [5.74, 6) is -0.178. The number of nitrogen functional groups attached to an aromatic ring is 1. The lowest BCUT2D eigenvalue weighted by atomic mass is 10.2. The standard InChI is InChI=1S/C14H21Cl2N3O2/c1-2-4-19(6-7-20)5-3-13(21)18-14-11(15)8-10(17)9-12(14)16/h8-9,20H,2-7,17H2,1H3,(H,18,21). The number of hydrogen-bond donors (Lipinski definition) is 3. The van der Waals surface area contributed by atoms with Gasteiger partial charge in [0.15, 0.2) is 0 Å². The van der Waals surface area contributed by atoms with E-state index in [0.717, 1.165) is 13.0 Å². The summed E-state index contributed by atoms with van der Waals surface area (Å²) in [5.41, 5.74) is 6.43. The van der Waals surface area contributed by atoms with Crippen LogP contribution in [0.5, 0.6) is 0 Å². The molecule has 0 atom stereocenters. The molecule has 0 bridgehead atoms. The van der Waals surface area contributed by atoms with Crippen molar-refractivity contribution in [2.45, 2.75) is 19.8 Å². The Bertz CT molecular complexity index is 454. The van der Waals surface area contributed by atoms with Crippen LogP contribution in [0.1, 0.15) is 19.8 Å². The number of aliphatic hydroxyl groups is 1. The Morgan fingerprint density at radius 2 is 1.90 bits per heavy atom. The maximum absolute atomic E-state index is 12.0. The molecule has 1 aromatic rings. The van der Waals surface area contributed by atoms with Gasteiger partial charge in [-0.15, -0.1) is 0 Å². The van der Waals surface area contributed by atoms with Gasteiger partial charge in [0.2, 0.25) is 5.91 Å². The van der Waals surface area contributed by atoms with Crippen molar-refractivity contribution >= 4 is 40.5 Å². The first-order valence-electron chi connectivity index (χ1n) is 6.85. The number of aliphatic hydroxyl groups excluding tert-OH is 1. The quantitative estimate of drug-likeness (QED) is 0.639. The highest BCUT2D eigenvalue weighted by molar-refractivity contribution is 6.40. The number of rotatable bonds is 8. The van der Waals surface area contributed by atoms with Crippen molar-refractivity contribution in [3.8, 4) is 0 Å². The number of benzene rings is 1. The van der Waals surface area contributed by atoms with Crippen LogP contribution in [0.2, 0.25) is 10.0 Å². The molecule has 4 N–H and O–H groups in total. The molecule has 1 aromatic carbocycles. The molecule has 0 radical (unpaired) electrons. The minimum absolute atomic E-state index is 0.0806. The smallest absolute Gasteiger partial charge is 0.225 e. The molecular formula is C14H21Cl2N3O2. The van der Waals surface area contributed by atoms with E-state index in [1.165, 1.54) is 12.1 Å². The Balaban J connectivity index is 2.57. The number of amides is 1. The summed E-state index contributed by atoms with van der Waals surface area (Å²) in [6.45, 7) is 4.11. The molecule has 21 heavy (non-hydrogen) atoms. The third-order valence-corrected chi connectivity index (χ3v) is 3.54. The van der Waals surface area contributed by atoms with Gasteiger partial charge in [-0.3, -0.25) is 4.79 Å². The topological polar surface area (TPSA) is 78.6 Å². The summed E-state index contributed by atoms with van der Waals surface area (Å²) >= 11 is 12.0. The Kier molecular flexibility index (Phi) is 7.82. The van der Waals surface area contributed by atoms with Crippen molar-refractivity contribution in [3.63, 3.8) is 0 Å². The fourth-order valence-electron chi connectivity index (χ4n) is 1.97. The van der Waals surface area contributed by atoms with Gasteiger partial charge in [0.1, 0.15) is 0 Å². The zero-order chi connectivity index (χ0) is 15.8. The fourth-order valence-corrected chi connectivity index (χ4v) is 2.57. The molecule has 1 amide bonds. The lowest BCUT2D eigenvalue weighted by molar-refractivity contribution is -0.116. The molecular weight excluding hydrogens is 313 g/mol. The number of hydrogen-bond acceptors (Lipinski definition) is 4. The van der Waals surface area contributed by atoms with Crippen LogP contribution in [-0.4, -0.2) is 42.2 Å². The molecule has 0 aromatic heterocycles. The molecule has 5 nitrogen and oxygen atoms in total. The number of anilines is 2. The van der Waals surface area contributed by atoms with Gasteiger partial charge in [-0.2, -0.15) is 0 Å². The second kappa shape index (κ2) is 9.10. The van der Waals surface area contributed by atoms with Crippen molar-refractivity contribution in [3.05, 3.63) is 22.2 Å². The van der Waals surface area contributed by atoms with Gasteiger partial charge in [-0.25, -0.2) is 0 Å². The largest absolute Gasteiger partial charge is 0.399 e. The molecule has 0 spiro atoms. The van der Waals surface area contributed by atoms with Gasteiger partial charge < -0.3 is 21.1 Å². The van der Waals surface area contributed by atoms with Crippen LogP contribution >= 0.6 is 23.2 Å². The number of nitrogens with one attached hydrogen (secondary N) is 1. The van der Waals surface area contributed by atoms with E-state index >= 15 is 0 Å². The highest BCUT2D eigenvalue weighted by Gasteiger charge is 2.12. The van der Waals surface area contributed by atoms with Crippen molar-refractivity contribution in [1.82, 2.24) is 4.90 Å². The van der Waals surface area contributed by atoms with Crippen LogP contribution < -0.4 is 11.1 Å². The molecule has 0 aliphatic carbocycles. The van der Waals surface area contributed by atoms with E-state index in [4.69, 9.17) is 34.0 Å².